The topological polar surface area (TPSA) is 92.5 Å². The molecule has 0 spiro atoms. The summed E-state index contributed by atoms with van der Waals surface area (Å²) < 4.78 is 26.4. The molecule has 1 aliphatic rings. The molecule has 3 N–H and O–H groups in total. The van der Waals surface area contributed by atoms with E-state index in [1.54, 1.807) is 16.3 Å². The van der Waals surface area contributed by atoms with Gasteiger partial charge >= 0.3 is 0 Å². The number of carbonyl (C=O) groups is 1. The third kappa shape index (κ3) is 4.40. The number of nitrogens with one attached hydrogen (secondary N) is 1. The second-order valence-corrected chi connectivity index (χ2v) is 7.93. The van der Waals surface area contributed by atoms with Crippen molar-refractivity contribution in [3.05, 3.63) is 17.5 Å². The summed E-state index contributed by atoms with van der Waals surface area (Å²) in [4.78, 5) is 13.8. The van der Waals surface area contributed by atoms with Crippen molar-refractivity contribution in [2.75, 3.05) is 19.6 Å². The Labute approximate surface area is 135 Å². The second kappa shape index (κ2) is 7.55. The first kappa shape index (κ1) is 18.4. The molecule has 120 valence electrons. The molecule has 2 rings (SSSR count). The lowest BCUT2D eigenvalue weighted by molar-refractivity contribution is -0.130. The van der Waals surface area contributed by atoms with Gasteiger partial charge in [-0.3, -0.25) is 4.79 Å². The molecule has 0 aromatic carbocycles. The van der Waals surface area contributed by atoms with Crippen molar-refractivity contribution in [3.8, 4) is 0 Å². The number of nitrogens with zero attached hydrogens (tertiary/aromatic N) is 1. The summed E-state index contributed by atoms with van der Waals surface area (Å²) >= 11 is 1.13. The lowest BCUT2D eigenvalue weighted by atomic mass is 10.1. The fourth-order valence-corrected chi connectivity index (χ4v) is 4.42. The maximum absolute atomic E-state index is 12.1. The maximum Gasteiger partial charge on any atom is 0.250 e. The van der Waals surface area contributed by atoms with E-state index < -0.39 is 10.0 Å². The molecule has 0 radical (unpaired) electrons. The third-order valence-corrected chi connectivity index (χ3v) is 6.29. The van der Waals surface area contributed by atoms with Crippen molar-refractivity contribution in [3.63, 3.8) is 0 Å². The summed E-state index contributed by atoms with van der Waals surface area (Å²) in [5.41, 5.74) is 5.62. The molecule has 2 unspecified atom stereocenters. The summed E-state index contributed by atoms with van der Waals surface area (Å²) in [5, 5.41) is 1.69. The average molecular weight is 354 g/mol. The number of likely N-dealkylation sites (tertiary alicyclic amines) is 1. The summed E-state index contributed by atoms with van der Waals surface area (Å²) in [6.07, 6.45) is 0.875. The van der Waals surface area contributed by atoms with Crippen LogP contribution >= 0.6 is 23.7 Å². The minimum absolute atomic E-state index is 0. The summed E-state index contributed by atoms with van der Waals surface area (Å²) in [7, 11) is -3.58. The number of rotatable bonds is 5. The van der Waals surface area contributed by atoms with Crippen LogP contribution in [0.15, 0.2) is 21.7 Å². The van der Waals surface area contributed by atoms with Gasteiger partial charge in [-0.1, -0.05) is 6.07 Å². The van der Waals surface area contributed by atoms with E-state index in [1.807, 2.05) is 6.92 Å². The minimum Gasteiger partial charge on any atom is -0.339 e. The van der Waals surface area contributed by atoms with Crippen molar-refractivity contribution < 1.29 is 13.2 Å². The van der Waals surface area contributed by atoms with Crippen molar-refractivity contribution in [1.82, 2.24) is 9.62 Å². The van der Waals surface area contributed by atoms with Crippen molar-refractivity contribution in [2.24, 2.45) is 11.7 Å². The quantitative estimate of drug-likeness (QED) is 0.812. The van der Waals surface area contributed by atoms with Gasteiger partial charge in [0.25, 0.3) is 10.0 Å². The van der Waals surface area contributed by atoms with Gasteiger partial charge in [0.15, 0.2) is 0 Å². The number of thiophene rings is 1. The van der Waals surface area contributed by atoms with Crippen LogP contribution in [-0.2, 0) is 14.8 Å². The number of nitrogens with two attached hydrogens (primary N) is 1. The molecule has 1 aromatic heterocycles. The molecule has 9 heteroatoms. The first-order chi connectivity index (χ1) is 9.44. The van der Waals surface area contributed by atoms with Gasteiger partial charge < -0.3 is 10.6 Å². The lowest BCUT2D eigenvalue weighted by Crippen LogP contribution is -2.41. The number of hydrogen-bond acceptors (Lipinski definition) is 5. The van der Waals surface area contributed by atoms with Crippen LogP contribution in [0.2, 0.25) is 0 Å². The molecule has 2 heterocycles. The Kier molecular flexibility index (Phi) is 6.61. The van der Waals surface area contributed by atoms with Crippen LogP contribution in [0.5, 0.6) is 0 Å². The highest BCUT2D eigenvalue weighted by Gasteiger charge is 2.31. The van der Waals surface area contributed by atoms with Gasteiger partial charge in [-0.25, -0.2) is 13.1 Å². The molecule has 1 aliphatic heterocycles. The van der Waals surface area contributed by atoms with E-state index in [1.165, 1.54) is 6.07 Å². The molecule has 0 bridgehead atoms. The molecule has 2 atom stereocenters. The van der Waals surface area contributed by atoms with Gasteiger partial charge in [-0.2, -0.15) is 0 Å². The van der Waals surface area contributed by atoms with Gasteiger partial charge in [0.1, 0.15) is 4.21 Å². The Bertz CT molecular complexity index is 562. The SMILES string of the molecule is CC1CC(CN)CN1C(=O)CNS(=O)(=O)c1cccs1.Cl. The smallest absolute Gasteiger partial charge is 0.250 e. The minimum atomic E-state index is -3.58. The number of halogens is 1. The van der Waals surface area contributed by atoms with Crippen molar-refractivity contribution in [2.45, 2.75) is 23.6 Å². The van der Waals surface area contributed by atoms with E-state index in [2.05, 4.69) is 4.72 Å². The fraction of sp³-hybridized carbons (Fsp3) is 0.583. The van der Waals surface area contributed by atoms with Crippen LogP contribution in [0.3, 0.4) is 0 Å². The first-order valence-electron chi connectivity index (χ1n) is 6.46. The number of hydrogen-bond donors (Lipinski definition) is 2. The van der Waals surface area contributed by atoms with Gasteiger partial charge in [0, 0.05) is 12.6 Å². The molecule has 21 heavy (non-hydrogen) atoms. The van der Waals surface area contributed by atoms with Crippen LogP contribution < -0.4 is 10.5 Å². The van der Waals surface area contributed by atoms with Gasteiger partial charge in [0.2, 0.25) is 5.91 Å². The Morgan fingerprint density at radius 2 is 2.29 bits per heavy atom. The molecule has 1 saturated heterocycles. The second-order valence-electron chi connectivity index (χ2n) is 4.99. The number of sulfonamides is 1. The molecule has 1 aromatic rings. The summed E-state index contributed by atoms with van der Waals surface area (Å²) in [5.74, 6) is 0.108. The predicted octanol–water partition coefficient (Wildman–Crippen LogP) is 0.644. The zero-order chi connectivity index (χ0) is 14.8. The van der Waals surface area contributed by atoms with E-state index in [0.717, 1.165) is 17.8 Å². The number of carbonyl (C=O) groups excluding carboxylic acids is 1. The van der Waals surface area contributed by atoms with Crippen LogP contribution in [0, 0.1) is 5.92 Å². The molecule has 0 aliphatic carbocycles. The predicted molar refractivity (Wildman–Crippen MR) is 85.1 cm³/mol. The average Bonchev–Trinajstić information content (AvgIpc) is 3.05. The number of amides is 1. The van der Waals surface area contributed by atoms with E-state index in [9.17, 15) is 13.2 Å². The van der Waals surface area contributed by atoms with Crippen LogP contribution in [0.4, 0.5) is 0 Å². The van der Waals surface area contributed by atoms with Crippen LogP contribution in [0.25, 0.3) is 0 Å². The Morgan fingerprint density at radius 3 is 2.81 bits per heavy atom. The molecule has 1 fully saturated rings. The Balaban J connectivity index is 0.00000220. The van der Waals surface area contributed by atoms with Gasteiger partial charge in [-0.15, -0.1) is 23.7 Å². The Hall–Kier alpha value is -0.670. The summed E-state index contributed by atoms with van der Waals surface area (Å²) in [6, 6.07) is 3.29. The highest BCUT2D eigenvalue weighted by Crippen LogP contribution is 2.22. The largest absolute Gasteiger partial charge is 0.339 e. The first-order valence-corrected chi connectivity index (χ1v) is 8.83. The third-order valence-electron chi connectivity index (χ3n) is 3.49. The lowest BCUT2D eigenvalue weighted by Gasteiger charge is -2.21. The fourth-order valence-electron chi connectivity index (χ4n) is 2.41. The maximum atomic E-state index is 12.1. The monoisotopic (exact) mass is 353 g/mol. The molecular weight excluding hydrogens is 334 g/mol. The van der Waals surface area contributed by atoms with Crippen LogP contribution in [-0.4, -0.2) is 44.9 Å². The van der Waals surface area contributed by atoms with E-state index in [-0.39, 0.29) is 35.1 Å². The normalized spacial score (nSPS) is 22.1. The highest BCUT2D eigenvalue weighted by molar-refractivity contribution is 7.91. The van der Waals surface area contributed by atoms with E-state index in [4.69, 9.17) is 5.73 Å². The zero-order valence-electron chi connectivity index (χ0n) is 11.7. The van der Waals surface area contributed by atoms with Crippen molar-refractivity contribution >= 4 is 39.7 Å². The summed E-state index contributed by atoms with van der Waals surface area (Å²) in [6.45, 7) is 2.91. The molecule has 6 nitrogen and oxygen atoms in total. The molecular formula is C12H20ClN3O3S2. The van der Waals surface area contributed by atoms with Crippen molar-refractivity contribution in [1.29, 1.82) is 0 Å². The van der Waals surface area contributed by atoms with Gasteiger partial charge in [0.05, 0.1) is 6.54 Å². The highest BCUT2D eigenvalue weighted by atomic mass is 35.5. The Morgan fingerprint density at radius 1 is 1.57 bits per heavy atom. The van der Waals surface area contributed by atoms with E-state index in [0.29, 0.717) is 19.0 Å². The van der Waals surface area contributed by atoms with E-state index >= 15 is 0 Å². The molecule has 1 amide bonds. The van der Waals surface area contributed by atoms with Gasteiger partial charge in [-0.05, 0) is 37.3 Å². The zero-order valence-corrected chi connectivity index (χ0v) is 14.1. The van der Waals surface area contributed by atoms with Crippen LogP contribution in [0.1, 0.15) is 13.3 Å². The molecule has 0 saturated carbocycles. The standard InChI is InChI=1S/C12H19N3O3S2.ClH/c1-9-5-10(6-13)8-15(9)11(16)7-14-20(17,18)12-3-2-4-19-12;/h2-4,9-10,14H,5-8,13H2,1H3;1H.